The molecule has 0 spiro atoms. The van der Waals surface area contributed by atoms with E-state index in [1.54, 1.807) is 11.9 Å². The third kappa shape index (κ3) is 4.09. The van der Waals surface area contributed by atoms with E-state index >= 15 is 0 Å². The van der Waals surface area contributed by atoms with Gasteiger partial charge in [0.05, 0.1) is 6.61 Å². The third-order valence-corrected chi connectivity index (χ3v) is 4.60. The molecule has 120 valence electrons. The number of ether oxygens (including phenoxy) is 1. The molecule has 1 saturated carbocycles. The maximum Gasteiger partial charge on any atom is 0.329 e. The Morgan fingerprint density at radius 2 is 2.00 bits per heavy atom. The first-order chi connectivity index (χ1) is 10.0. The van der Waals surface area contributed by atoms with Gasteiger partial charge >= 0.3 is 12.0 Å². The number of carbonyl (C=O) groups is 2. The summed E-state index contributed by atoms with van der Waals surface area (Å²) in [5, 5.41) is 12.3. The van der Waals surface area contributed by atoms with E-state index in [-0.39, 0.29) is 6.03 Å². The van der Waals surface area contributed by atoms with E-state index in [0.29, 0.717) is 31.9 Å². The maximum atomic E-state index is 12.3. The standard InChI is InChI=1S/C15H26N2O4/c1-17(10-12-6-5-9-21-11-12)14(20)16-15(13(18)19)7-3-2-4-8-15/h12H,2-11H2,1H3,(H,16,20)(H,18,19). The number of carboxylic acids is 1. The zero-order valence-corrected chi connectivity index (χ0v) is 12.8. The molecule has 1 heterocycles. The number of carbonyl (C=O) groups excluding carboxylic acids is 1. The van der Waals surface area contributed by atoms with E-state index < -0.39 is 11.5 Å². The van der Waals surface area contributed by atoms with E-state index in [1.165, 1.54) is 0 Å². The Bertz CT molecular complexity index is 374. The minimum absolute atomic E-state index is 0.287. The second kappa shape index (κ2) is 7.11. The lowest BCUT2D eigenvalue weighted by Crippen LogP contribution is -2.58. The molecule has 1 aliphatic carbocycles. The van der Waals surface area contributed by atoms with E-state index in [9.17, 15) is 14.7 Å². The number of urea groups is 1. The Morgan fingerprint density at radius 1 is 1.29 bits per heavy atom. The summed E-state index contributed by atoms with van der Waals surface area (Å²) in [6.45, 7) is 2.10. The van der Waals surface area contributed by atoms with E-state index in [1.807, 2.05) is 0 Å². The fourth-order valence-corrected chi connectivity index (χ4v) is 3.27. The molecule has 1 unspecified atom stereocenters. The summed E-state index contributed by atoms with van der Waals surface area (Å²) in [5.74, 6) is -0.563. The van der Waals surface area contributed by atoms with E-state index in [4.69, 9.17) is 4.74 Å². The van der Waals surface area contributed by atoms with Gasteiger partial charge in [0.25, 0.3) is 0 Å². The van der Waals surface area contributed by atoms with E-state index in [2.05, 4.69) is 5.32 Å². The molecule has 0 aromatic carbocycles. The van der Waals surface area contributed by atoms with Gasteiger partial charge in [0.2, 0.25) is 0 Å². The Kier molecular flexibility index (Phi) is 5.45. The van der Waals surface area contributed by atoms with Crippen molar-refractivity contribution >= 4 is 12.0 Å². The molecule has 2 aliphatic rings. The number of nitrogens with zero attached hydrogens (tertiary/aromatic N) is 1. The smallest absolute Gasteiger partial charge is 0.329 e. The van der Waals surface area contributed by atoms with E-state index in [0.717, 1.165) is 38.7 Å². The fraction of sp³-hybridized carbons (Fsp3) is 0.867. The molecule has 0 aromatic heterocycles. The number of amides is 2. The molecule has 2 rings (SSSR count). The number of hydrogen-bond acceptors (Lipinski definition) is 3. The van der Waals surface area contributed by atoms with Crippen LogP contribution in [0.5, 0.6) is 0 Å². The molecular weight excluding hydrogens is 272 g/mol. The quantitative estimate of drug-likeness (QED) is 0.830. The monoisotopic (exact) mass is 298 g/mol. The largest absolute Gasteiger partial charge is 0.480 e. The highest BCUT2D eigenvalue weighted by atomic mass is 16.5. The van der Waals surface area contributed by atoms with Gasteiger partial charge in [-0.1, -0.05) is 19.3 Å². The first-order valence-electron chi connectivity index (χ1n) is 7.88. The highest BCUT2D eigenvalue weighted by Gasteiger charge is 2.41. The van der Waals surface area contributed by atoms with Gasteiger partial charge in [0, 0.05) is 26.1 Å². The molecular formula is C15H26N2O4. The molecule has 2 amide bonds. The summed E-state index contributed by atoms with van der Waals surface area (Å²) in [6, 6.07) is -0.287. The van der Waals surface area contributed by atoms with Gasteiger partial charge in [-0.25, -0.2) is 9.59 Å². The maximum absolute atomic E-state index is 12.3. The fourth-order valence-electron chi connectivity index (χ4n) is 3.27. The summed E-state index contributed by atoms with van der Waals surface area (Å²) in [6.07, 6.45) is 5.88. The van der Waals surface area contributed by atoms with Crippen LogP contribution < -0.4 is 5.32 Å². The Morgan fingerprint density at radius 3 is 2.57 bits per heavy atom. The SMILES string of the molecule is CN(CC1CCCOC1)C(=O)NC1(C(=O)O)CCCCC1. The van der Waals surface area contributed by atoms with Crippen molar-refractivity contribution < 1.29 is 19.4 Å². The van der Waals surface area contributed by atoms with Crippen molar-refractivity contribution in [2.24, 2.45) is 5.92 Å². The topological polar surface area (TPSA) is 78.9 Å². The zero-order valence-electron chi connectivity index (χ0n) is 12.8. The number of hydrogen-bond donors (Lipinski definition) is 2. The molecule has 6 heteroatoms. The van der Waals surface area contributed by atoms with Crippen LogP contribution in [0.4, 0.5) is 4.79 Å². The van der Waals surface area contributed by atoms with Gasteiger partial charge in [-0.3, -0.25) is 0 Å². The zero-order chi connectivity index (χ0) is 15.3. The normalized spacial score (nSPS) is 25.1. The summed E-state index contributed by atoms with van der Waals surface area (Å²) < 4.78 is 5.42. The molecule has 1 aliphatic heterocycles. The van der Waals surface area contributed by atoms with Gasteiger partial charge in [-0.2, -0.15) is 0 Å². The lowest BCUT2D eigenvalue weighted by Gasteiger charge is -2.36. The summed E-state index contributed by atoms with van der Waals surface area (Å²) >= 11 is 0. The van der Waals surface area contributed by atoms with Crippen LogP contribution in [-0.4, -0.2) is 54.4 Å². The van der Waals surface area contributed by atoms with Gasteiger partial charge in [-0.15, -0.1) is 0 Å². The molecule has 0 bridgehead atoms. The molecule has 0 radical (unpaired) electrons. The lowest BCUT2D eigenvalue weighted by atomic mass is 9.82. The second-order valence-electron chi connectivity index (χ2n) is 6.34. The van der Waals surface area contributed by atoms with Crippen molar-refractivity contribution in [3.8, 4) is 0 Å². The molecule has 2 fully saturated rings. The molecule has 1 saturated heterocycles. The van der Waals surface area contributed by atoms with Crippen LogP contribution in [0, 0.1) is 5.92 Å². The number of rotatable bonds is 4. The molecule has 21 heavy (non-hydrogen) atoms. The van der Waals surface area contributed by atoms with Crippen molar-refractivity contribution in [1.82, 2.24) is 10.2 Å². The van der Waals surface area contributed by atoms with Crippen molar-refractivity contribution in [2.75, 3.05) is 26.8 Å². The van der Waals surface area contributed by atoms with Crippen molar-refractivity contribution in [2.45, 2.75) is 50.5 Å². The van der Waals surface area contributed by atoms with Crippen LogP contribution in [0.15, 0.2) is 0 Å². The van der Waals surface area contributed by atoms with Crippen molar-refractivity contribution in [3.63, 3.8) is 0 Å². The van der Waals surface area contributed by atoms with Gasteiger partial charge in [-0.05, 0) is 25.7 Å². The molecule has 6 nitrogen and oxygen atoms in total. The van der Waals surface area contributed by atoms with Crippen LogP contribution in [0.2, 0.25) is 0 Å². The number of nitrogens with one attached hydrogen (secondary N) is 1. The third-order valence-electron chi connectivity index (χ3n) is 4.60. The highest BCUT2D eigenvalue weighted by molar-refractivity contribution is 5.86. The summed E-state index contributed by atoms with van der Waals surface area (Å²) in [4.78, 5) is 25.5. The van der Waals surface area contributed by atoms with Gasteiger partial charge in [0.1, 0.15) is 5.54 Å². The number of aliphatic carboxylic acids is 1. The average molecular weight is 298 g/mol. The minimum atomic E-state index is -1.08. The minimum Gasteiger partial charge on any atom is -0.480 e. The van der Waals surface area contributed by atoms with Crippen molar-refractivity contribution in [1.29, 1.82) is 0 Å². The predicted octanol–water partition coefficient (Wildman–Crippen LogP) is 1.84. The van der Waals surface area contributed by atoms with Crippen LogP contribution >= 0.6 is 0 Å². The molecule has 1 atom stereocenters. The first-order valence-corrected chi connectivity index (χ1v) is 7.88. The van der Waals surface area contributed by atoms with Crippen LogP contribution in [0.25, 0.3) is 0 Å². The molecule has 0 aromatic rings. The van der Waals surface area contributed by atoms with Gasteiger partial charge < -0.3 is 20.1 Å². The summed E-state index contributed by atoms with van der Waals surface area (Å²) in [7, 11) is 1.72. The number of carboxylic acid groups (broad SMARTS) is 1. The molecule has 2 N–H and O–H groups in total. The first kappa shape index (κ1) is 16.1. The highest BCUT2D eigenvalue weighted by Crippen LogP contribution is 2.28. The van der Waals surface area contributed by atoms with Crippen molar-refractivity contribution in [3.05, 3.63) is 0 Å². The second-order valence-corrected chi connectivity index (χ2v) is 6.34. The van der Waals surface area contributed by atoms with Gasteiger partial charge in [0.15, 0.2) is 0 Å². The average Bonchev–Trinajstić information content (AvgIpc) is 2.49. The lowest BCUT2D eigenvalue weighted by molar-refractivity contribution is -0.146. The Hall–Kier alpha value is -1.30. The Balaban J connectivity index is 1.90. The predicted molar refractivity (Wildman–Crippen MR) is 78.2 cm³/mol. The summed E-state index contributed by atoms with van der Waals surface area (Å²) in [5.41, 5.74) is -1.08. The Labute approximate surface area is 125 Å². The van der Waals surface area contributed by atoms with Crippen LogP contribution in [0.3, 0.4) is 0 Å². The van der Waals surface area contributed by atoms with Crippen LogP contribution in [0.1, 0.15) is 44.9 Å². The van der Waals surface area contributed by atoms with Crippen LogP contribution in [-0.2, 0) is 9.53 Å².